The molecule has 0 fully saturated rings. The van der Waals surface area contributed by atoms with E-state index in [1.165, 1.54) is 0 Å². The van der Waals surface area contributed by atoms with Gasteiger partial charge in [0.1, 0.15) is 0 Å². The Labute approximate surface area is 134 Å². The molecule has 0 radical (unpaired) electrons. The SMILES string of the molecule is CCSc1nc2ccc(C)cc2c(=O)n1Cc1ccccc1. The predicted octanol–water partition coefficient (Wildman–Crippen LogP) is 3.87. The fourth-order valence-electron chi connectivity index (χ4n) is 2.46. The van der Waals surface area contributed by atoms with Crippen molar-refractivity contribution < 1.29 is 0 Å². The minimum Gasteiger partial charge on any atom is -0.283 e. The molecule has 112 valence electrons. The lowest BCUT2D eigenvalue weighted by Crippen LogP contribution is -2.24. The predicted molar refractivity (Wildman–Crippen MR) is 92.7 cm³/mol. The lowest BCUT2D eigenvalue weighted by Gasteiger charge is -2.13. The number of hydrogen-bond acceptors (Lipinski definition) is 3. The van der Waals surface area contributed by atoms with Crippen molar-refractivity contribution in [1.82, 2.24) is 9.55 Å². The van der Waals surface area contributed by atoms with Gasteiger partial charge >= 0.3 is 0 Å². The zero-order chi connectivity index (χ0) is 15.5. The molecule has 3 aromatic rings. The number of aryl methyl sites for hydroxylation is 1. The monoisotopic (exact) mass is 310 g/mol. The van der Waals surface area contributed by atoms with Crippen LogP contribution >= 0.6 is 11.8 Å². The van der Waals surface area contributed by atoms with Gasteiger partial charge in [0.25, 0.3) is 5.56 Å². The molecule has 2 aromatic carbocycles. The lowest BCUT2D eigenvalue weighted by atomic mass is 10.1. The van der Waals surface area contributed by atoms with Crippen LogP contribution in [-0.4, -0.2) is 15.3 Å². The van der Waals surface area contributed by atoms with Gasteiger partial charge in [-0.3, -0.25) is 9.36 Å². The Morgan fingerprint density at radius 1 is 1.14 bits per heavy atom. The molecule has 22 heavy (non-hydrogen) atoms. The summed E-state index contributed by atoms with van der Waals surface area (Å²) in [5.41, 5.74) is 2.99. The highest BCUT2D eigenvalue weighted by molar-refractivity contribution is 7.99. The maximum atomic E-state index is 12.9. The summed E-state index contributed by atoms with van der Waals surface area (Å²) in [6.45, 7) is 4.62. The molecular formula is C18H18N2OS. The summed E-state index contributed by atoms with van der Waals surface area (Å²) in [4.78, 5) is 17.6. The summed E-state index contributed by atoms with van der Waals surface area (Å²) in [5, 5.41) is 1.48. The first kappa shape index (κ1) is 14.9. The van der Waals surface area contributed by atoms with Crippen LogP contribution in [0.5, 0.6) is 0 Å². The lowest BCUT2D eigenvalue weighted by molar-refractivity contribution is 0.658. The Balaban J connectivity index is 2.19. The highest BCUT2D eigenvalue weighted by Crippen LogP contribution is 2.19. The average molecular weight is 310 g/mol. The fraction of sp³-hybridized carbons (Fsp3) is 0.222. The Kier molecular flexibility index (Phi) is 4.29. The van der Waals surface area contributed by atoms with Crippen LogP contribution in [0, 0.1) is 6.92 Å². The fourth-order valence-corrected chi connectivity index (χ4v) is 3.18. The van der Waals surface area contributed by atoms with Crippen LogP contribution in [0.1, 0.15) is 18.1 Å². The first-order valence-corrected chi connectivity index (χ1v) is 8.35. The highest BCUT2D eigenvalue weighted by Gasteiger charge is 2.11. The van der Waals surface area contributed by atoms with E-state index in [1.807, 2.05) is 55.5 Å². The second-order valence-corrected chi connectivity index (χ2v) is 6.46. The van der Waals surface area contributed by atoms with Crippen molar-refractivity contribution in [3.8, 4) is 0 Å². The number of aromatic nitrogens is 2. The molecule has 0 N–H and O–H groups in total. The molecule has 1 heterocycles. The number of rotatable bonds is 4. The Morgan fingerprint density at radius 3 is 2.64 bits per heavy atom. The van der Waals surface area contributed by atoms with Gasteiger partial charge in [-0.05, 0) is 30.4 Å². The molecule has 1 aromatic heterocycles. The van der Waals surface area contributed by atoms with Gasteiger partial charge in [-0.25, -0.2) is 4.98 Å². The number of hydrogen-bond donors (Lipinski definition) is 0. The van der Waals surface area contributed by atoms with Crippen LogP contribution < -0.4 is 5.56 Å². The van der Waals surface area contributed by atoms with Gasteiger partial charge in [-0.15, -0.1) is 0 Å². The molecule has 0 aliphatic rings. The quantitative estimate of drug-likeness (QED) is 0.542. The second kappa shape index (κ2) is 6.36. The summed E-state index contributed by atoms with van der Waals surface area (Å²) in [5.74, 6) is 0.887. The molecule has 0 atom stereocenters. The number of thioether (sulfide) groups is 1. The molecule has 3 rings (SSSR count). The van der Waals surface area contributed by atoms with E-state index in [0.717, 1.165) is 27.6 Å². The summed E-state index contributed by atoms with van der Waals surface area (Å²) >= 11 is 1.61. The highest BCUT2D eigenvalue weighted by atomic mass is 32.2. The van der Waals surface area contributed by atoms with Crippen molar-refractivity contribution >= 4 is 22.7 Å². The van der Waals surface area contributed by atoms with E-state index in [0.29, 0.717) is 11.9 Å². The van der Waals surface area contributed by atoms with Crippen LogP contribution in [0.15, 0.2) is 58.5 Å². The largest absolute Gasteiger partial charge is 0.283 e. The molecule has 0 saturated carbocycles. The number of nitrogens with zero attached hydrogens (tertiary/aromatic N) is 2. The van der Waals surface area contributed by atoms with Crippen LogP contribution in [-0.2, 0) is 6.54 Å². The third-order valence-electron chi connectivity index (χ3n) is 3.53. The van der Waals surface area contributed by atoms with E-state index in [-0.39, 0.29) is 5.56 Å². The molecule has 0 aliphatic heterocycles. The molecule has 0 spiro atoms. The van der Waals surface area contributed by atoms with E-state index in [1.54, 1.807) is 16.3 Å². The topological polar surface area (TPSA) is 34.9 Å². The third kappa shape index (κ3) is 2.92. The summed E-state index contributed by atoms with van der Waals surface area (Å²) in [6.07, 6.45) is 0. The molecule has 0 saturated heterocycles. The maximum absolute atomic E-state index is 12.9. The van der Waals surface area contributed by atoms with Crippen molar-refractivity contribution in [1.29, 1.82) is 0 Å². The maximum Gasteiger partial charge on any atom is 0.262 e. The van der Waals surface area contributed by atoms with Crippen molar-refractivity contribution in [2.75, 3.05) is 5.75 Å². The van der Waals surface area contributed by atoms with Gasteiger partial charge in [0.15, 0.2) is 5.16 Å². The van der Waals surface area contributed by atoms with Crippen molar-refractivity contribution in [2.45, 2.75) is 25.5 Å². The second-order valence-electron chi connectivity index (χ2n) is 5.22. The van der Waals surface area contributed by atoms with Gasteiger partial charge in [0.2, 0.25) is 0 Å². The van der Waals surface area contributed by atoms with Gasteiger partial charge in [-0.1, -0.05) is 60.6 Å². The first-order valence-electron chi connectivity index (χ1n) is 7.37. The summed E-state index contributed by atoms with van der Waals surface area (Å²) in [6, 6.07) is 15.9. The van der Waals surface area contributed by atoms with Crippen LogP contribution in [0.4, 0.5) is 0 Å². The van der Waals surface area contributed by atoms with Crippen molar-refractivity contribution in [3.05, 3.63) is 70.0 Å². The van der Waals surface area contributed by atoms with E-state index in [9.17, 15) is 4.79 Å². The van der Waals surface area contributed by atoms with Gasteiger partial charge in [-0.2, -0.15) is 0 Å². The minimum absolute atomic E-state index is 0.0357. The van der Waals surface area contributed by atoms with Crippen LogP contribution in [0.3, 0.4) is 0 Å². The van der Waals surface area contributed by atoms with Gasteiger partial charge in [0, 0.05) is 0 Å². The third-order valence-corrected chi connectivity index (χ3v) is 4.39. The minimum atomic E-state index is 0.0357. The smallest absolute Gasteiger partial charge is 0.262 e. The average Bonchev–Trinajstić information content (AvgIpc) is 2.53. The zero-order valence-corrected chi connectivity index (χ0v) is 13.6. The molecule has 0 unspecified atom stereocenters. The van der Waals surface area contributed by atoms with E-state index in [4.69, 9.17) is 0 Å². The van der Waals surface area contributed by atoms with E-state index < -0.39 is 0 Å². The van der Waals surface area contributed by atoms with Gasteiger partial charge in [0.05, 0.1) is 17.4 Å². The molecule has 0 amide bonds. The van der Waals surface area contributed by atoms with E-state index >= 15 is 0 Å². The van der Waals surface area contributed by atoms with Crippen LogP contribution in [0.2, 0.25) is 0 Å². The van der Waals surface area contributed by atoms with Crippen LogP contribution in [0.25, 0.3) is 10.9 Å². The molecule has 0 bridgehead atoms. The number of benzene rings is 2. The summed E-state index contributed by atoms with van der Waals surface area (Å²) < 4.78 is 1.78. The number of fused-ring (bicyclic) bond motifs is 1. The normalized spacial score (nSPS) is 11.0. The Bertz CT molecular complexity index is 856. The summed E-state index contributed by atoms with van der Waals surface area (Å²) in [7, 11) is 0. The standard InChI is InChI=1S/C18H18N2OS/c1-3-22-18-19-16-10-9-13(2)11-15(16)17(21)20(18)12-14-7-5-4-6-8-14/h4-11H,3,12H2,1-2H3. The first-order chi connectivity index (χ1) is 10.7. The molecular weight excluding hydrogens is 292 g/mol. The Hall–Kier alpha value is -2.07. The molecule has 4 heteroatoms. The van der Waals surface area contributed by atoms with Gasteiger partial charge < -0.3 is 0 Å². The Morgan fingerprint density at radius 2 is 1.91 bits per heavy atom. The van der Waals surface area contributed by atoms with Crippen molar-refractivity contribution in [2.24, 2.45) is 0 Å². The zero-order valence-electron chi connectivity index (χ0n) is 12.7. The molecule has 0 aliphatic carbocycles. The van der Waals surface area contributed by atoms with Crippen molar-refractivity contribution in [3.63, 3.8) is 0 Å². The molecule has 3 nitrogen and oxygen atoms in total. The van der Waals surface area contributed by atoms with E-state index in [2.05, 4.69) is 11.9 Å².